The Bertz CT molecular complexity index is 1290. The summed E-state index contributed by atoms with van der Waals surface area (Å²) < 4.78 is 5.94. The third-order valence-corrected chi connectivity index (χ3v) is 8.19. The van der Waals surface area contributed by atoms with Gasteiger partial charge < -0.3 is 10.1 Å². The van der Waals surface area contributed by atoms with Gasteiger partial charge in [-0.05, 0) is 47.7 Å². The fourth-order valence-electron chi connectivity index (χ4n) is 5.86. The highest BCUT2D eigenvalue weighted by Gasteiger charge is 2.57. The second-order valence-corrected chi connectivity index (χ2v) is 10.3. The van der Waals surface area contributed by atoms with Crippen LogP contribution in [0.4, 0.5) is 4.79 Å². The van der Waals surface area contributed by atoms with Crippen LogP contribution in [0.3, 0.4) is 0 Å². The second-order valence-electron chi connectivity index (χ2n) is 9.43. The van der Waals surface area contributed by atoms with E-state index in [9.17, 15) is 14.4 Å². The average Bonchev–Trinajstić information content (AvgIpc) is 3.42. The first kappa shape index (κ1) is 24.3. The molecule has 1 fully saturated rings. The first-order chi connectivity index (χ1) is 17.4. The molecule has 0 radical (unpaired) electrons. The van der Waals surface area contributed by atoms with E-state index in [1.165, 1.54) is 12.0 Å². The molecule has 1 heterocycles. The van der Waals surface area contributed by atoms with Gasteiger partial charge in [-0.3, -0.25) is 14.5 Å². The SMILES string of the molecule is COC(=O)N1CCC(C2c3ccccc3-c3ccccc32)[C@@]1(C)C(=O)NCC(=O)c1ccc(Br)cc1. The van der Waals surface area contributed by atoms with Gasteiger partial charge >= 0.3 is 6.09 Å². The molecule has 184 valence electrons. The lowest BCUT2D eigenvalue weighted by Gasteiger charge is -2.39. The van der Waals surface area contributed by atoms with Crippen molar-refractivity contribution in [2.75, 3.05) is 20.2 Å². The number of carbonyl (C=O) groups is 3. The van der Waals surface area contributed by atoms with Gasteiger partial charge in [0.25, 0.3) is 0 Å². The summed E-state index contributed by atoms with van der Waals surface area (Å²) in [4.78, 5) is 41.0. The number of amides is 2. The normalized spacial score (nSPS) is 20.5. The largest absolute Gasteiger partial charge is 0.453 e. The van der Waals surface area contributed by atoms with Crippen LogP contribution in [0.25, 0.3) is 11.1 Å². The number of fused-ring (bicyclic) bond motifs is 3. The predicted molar refractivity (Wildman–Crippen MR) is 141 cm³/mol. The number of methoxy groups -OCH3 is 1. The third kappa shape index (κ3) is 3.91. The first-order valence-electron chi connectivity index (χ1n) is 12.0. The molecule has 0 saturated carbocycles. The van der Waals surface area contributed by atoms with Gasteiger partial charge in [0.15, 0.2) is 5.78 Å². The Labute approximate surface area is 218 Å². The maximum absolute atomic E-state index is 13.9. The molecule has 1 N–H and O–H groups in total. The standard InChI is InChI=1S/C29H27BrN2O4/c1-29(27(34)31-17-25(33)18-11-13-19(30)14-12-18)24(15-16-32(29)28(35)36-2)26-22-9-5-3-7-20(22)21-8-4-6-10-23(21)26/h3-14,24,26H,15-17H2,1-2H3,(H,31,34)/t24?,29-/m0/s1. The number of likely N-dealkylation sites (tertiary alicyclic amines) is 1. The molecule has 36 heavy (non-hydrogen) atoms. The van der Waals surface area contributed by atoms with Gasteiger partial charge in [0.1, 0.15) is 5.54 Å². The monoisotopic (exact) mass is 546 g/mol. The van der Waals surface area contributed by atoms with Gasteiger partial charge in [0.05, 0.1) is 13.7 Å². The smallest absolute Gasteiger partial charge is 0.410 e. The van der Waals surface area contributed by atoms with Crippen molar-refractivity contribution >= 4 is 33.7 Å². The van der Waals surface area contributed by atoms with Crippen molar-refractivity contribution in [3.05, 3.63) is 94.0 Å². The van der Waals surface area contributed by atoms with Crippen LogP contribution in [0.1, 0.15) is 40.7 Å². The number of rotatable bonds is 5. The summed E-state index contributed by atoms with van der Waals surface area (Å²) in [5.74, 6) is -0.827. The van der Waals surface area contributed by atoms with Crippen molar-refractivity contribution in [2.24, 2.45) is 5.92 Å². The van der Waals surface area contributed by atoms with Crippen molar-refractivity contribution in [1.82, 2.24) is 10.2 Å². The van der Waals surface area contributed by atoms with E-state index in [2.05, 4.69) is 45.5 Å². The zero-order valence-corrected chi connectivity index (χ0v) is 21.7. The number of benzene rings is 3. The topological polar surface area (TPSA) is 75.7 Å². The summed E-state index contributed by atoms with van der Waals surface area (Å²) in [5.41, 5.74) is 3.92. The summed E-state index contributed by atoms with van der Waals surface area (Å²) >= 11 is 3.37. The van der Waals surface area contributed by atoms with Crippen LogP contribution in [0, 0.1) is 5.92 Å². The number of ketones is 1. The lowest BCUT2D eigenvalue weighted by molar-refractivity contribution is -0.132. The molecule has 0 bridgehead atoms. The number of ether oxygens (including phenoxy) is 1. The molecule has 7 heteroatoms. The fourth-order valence-corrected chi connectivity index (χ4v) is 6.12. The van der Waals surface area contributed by atoms with Gasteiger partial charge in [-0.2, -0.15) is 0 Å². The molecule has 1 aliphatic heterocycles. The molecule has 2 atom stereocenters. The van der Waals surface area contributed by atoms with Gasteiger partial charge in [0, 0.05) is 28.4 Å². The highest BCUT2D eigenvalue weighted by atomic mass is 79.9. The molecule has 0 spiro atoms. The van der Waals surface area contributed by atoms with Gasteiger partial charge in [-0.15, -0.1) is 0 Å². The molecule has 2 aliphatic rings. The van der Waals surface area contributed by atoms with Crippen molar-refractivity contribution in [1.29, 1.82) is 0 Å². The minimum Gasteiger partial charge on any atom is -0.453 e. The zero-order chi connectivity index (χ0) is 25.4. The van der Waals surface area contributed by atoms with Crippen LogP contribution in [-0.2, 0) is 9.53 Å². The number of halogens is 1. The number of hydrogen-bond acceptors (Lipinski definition) is 4. The van der Waals surface area contributed by atoms with Gasteiger partial charge in [-0.25, -0.2) is 4.79 Å². The van der Waals surface area contributed by atoms with Crippen LogP contribution in [-0.4, -0.2) is 48.4 Å². The number of Topliss-reactive ketones (excluding diaryl/α,β-unsaturated/α-hetero) is 1. The van der Waals surface area contributed by atoms with Crippen LogP contribution >= 0.6 is 15.9 Å². The van der Waals surface area contributed by atoms with E-state index >= 15 is 0 Å². The van der Waals surface area contributed by atoms with E-state index in [-0.39, 0.29) is 30.1 Å². The molecule has 1 saturated heterocycles. The molecule has 5 rings (SSSR count). The van der Waals surface area contributed by atoms with Crippen LogP contribution < -0.4 is 5.32 Å². The fraction of sp³-hybridized carbons (Fsp3) is 0.276. The molecular weight excluding hydrogens is 520 g/mol. The van der Waals surface area contributed by atoms with Crippen molar-refractivity contribution in [3.63, 3.8) is 0 Å². The highest BCUT2D eigenvalue weighted by Crippen LogP contribution is 2.54. The molecule has 1 unspecified atom stereocenters. The van der Waals surface area contributed by atoms with Crippen LogP contribution in [0.5, 0.6) is 0 Å². The quantitative estimate of drug-likeness (QED) is 0.434. The number of carbonyl (C=O) groups excluding carboxylic acids is 3. The summed E-state index contributed by atoms with van der Waals surface area (Å²) in [7, 11) is 1.32. The second kappa shape index (κ2) is 9.54. The Hall–Kier alpha value is -3.45. The average molecular weight is 547 g/mol. The lowest BCUT2D eigenvalue weighted by Crippen LogP contribution is -2.60. The molecule has 6 nitrogen and oxygen atoms in total. The molecule has 3 aromatic carbocycles. The third-order valence-electron chi connectivity index (χ3n) is 7.66. The van der Waals surface area contributed by atoms with Crippen LogP contribution in [0.15, 0.2) is 77.3 Å². The number of hydrogen-bond donors (Lipinski definition) is 1. The lowest BCUT2D eigenvalue weighted by atomic mass is 9.72. The van der Waals surface area contributed by atoms with E-state index in [4.69, 9.17) is 4.74 Å². The molecule has 2 amide bonds. The minimum atomic E-state index is -1.21. The summed E-state index contributed by atoms with van der Waals surface area (Å²) in [5, 5.41) is 2.84. The van der Waals surface area contributed by atoms with Crippen molar-refractivity contribution in [2.45, 2.75) is 24.8 Å². The molecular formula is C29H27BrN2O4. The Morgan fingerprint density at radius 1 is 0.972 bits per heavy atom. The van der Waals surface area contributed by atoms with Gasteiger partial charge in [-0.1, -0.05) is 76.6 Å². The highest BCUT2D eigenvalue weighted by molar-refractivity contribution is 9.10. The minimum absolute atomic E-state index is 0.0648. The van der Waals surface area contributed by atoms with E-state index in [1.807, 2.05) is 24.3 Å². The maximum atomic E-state index is 13.9. The Morgan fingerprint density at radius 3 is 2.14 bits per heavy atom. The van der Waals surface area contributed by atoms with E-state index in [0.717, 1.165) is 26.7 Å². The maximum Gasteiger partial charge on any atom is 0.410 e. The first-order valence-corrected chi connectivity index (χ1v) is 12.8. The zero-order valence-electron chi connectivity index (χ0n) is 20.2. The van der Waals surface area contributed by atoms with E-state index in [1.54, 1.807) is 31.2 Å². The molecule has 1 aliphatic carbocycles. The summed E-state index contributed by atoms with van der Waals surface area (Å²) in [6.07, 6.45) is 0.0847. The Morgan fingerprint density at radius 2 is 1.56 bits per heavy atom. The van der Waals surface area contributed by atoms with Crippen molar-refractivity contribution in [3.8, 4) is 11.1 Å². The summed E-state index contributed by atoms with van der Waals surface area (Å²) in [6, 6.07) is 23.5. The van der Waals surface area contributed by atoms with E-state index < -0.39 is 11.6 Å². The van der Waals surface area contributed by atoms with Crippen molar-refractivity contribution < 1.29 is 19.1 Å². The van der Waals surface area contributed by atoms with E-state index in [0.29, 0.717) is 18.5 Å². The summed E-state index contributed by atoms with van der Waals surface area (Å²) in [6.45, 7) is 2.03. The number of nitrogens with one attached hydrogen (secondary N) is 1. The van der Waals surface area contributed by atoms with Crippen LogP contribution in [0.2, 0.25) is 0 Å². The van der Waals surface area contributed by atoms with Gasteiger partial charge in [0.2, 0.25) is 5.91 Å². The number of nitrogens with zero attached hydrogens (tertiary/aromatic N) is 1. The Balaban J connectivity index is 1.49. The molecule has 3 aromatic rings. The predicted octanol–water partition coefficient (Wildman–Crippen LogP) is 5.41. The molecule has 0 aromatic heterocycles. The Kier molecular flexibility index (Phi) is 6.43.